The van der Waals surface area contributed by atoms with Crippen molar-refractivity contribution in [2.45, 2.75) is 13.8 Å². The van der Waals surface area contributed by atoms with Gasteiger partial charge in [-0.1, -0.05) is 6.58 Å². The molecule has 1 aromatic heterocycles. The SMILES string of the molecule is C=CC(=O)Nc1ccc(Nc2c(C)cc(F)cc2C)c(-c2cc(NC)c(=O)n(C)c2)c1. The van der Waals surface area contributed by atoms with Crippen LogP contribution in [0.25, 0.3) is 11.1 Å². The predicted octanol–water partition coefficient (Wildman–Crippen LogP) is 4.72. The Bertz CT molecular complexity index is 1210. The highest BCUT2D eigenvalue weighted by Gasteiger charge is 2.14. The Morgan fingerprint density at radius 1 is 1.10 bits per heavy atom. The molecule has 0 aliphatic rings. The van der Waals surface area contributed by atoms with Gasteiger partial charge >= 0.3 is 0 Å². The van der Waals surface area contributed by atoms with Gasteiger partial charge in [-0.3, -0.25) is 9.59 Å². The van der Waals surface area contributed by atoms with Crippen LogP contribution >= 0.6 is 0 Å². The third-order valence-corrected chi connectivity index (χ3v) is 4.99. The second kappa shape index (κ2) is 8.87. The molecular weight excluding hydrogens is 395 g/mol. The van der Waals surface area contributed by atoms with Gasteiger partial charge in [0.15, 0.2) is 0 Å². The number of nitrogens with one attached hydrogen (secondary N) is 3. The van der Waals surface area contributed by atoms with Gasteiger partial charge in [-0.25, -0.2) is 4.39 Å². The minimum atomic E-state index is -0.326. The first-order chi connectivity index (χ1) is 14.7. The van der Waals surface area contributed by atoms with E-state index in [0.717, 1.165) is 33.6 Å². The predicted molar refractivity (Wildman–Crippen MR) is 125 cm³/mol. The first kappa shape index (κ1) is 21.8. The van der Waals surface area contributed by atoms with Crippen molar-refractivity contribution in [2.24, 2.45) is 7.05 Å². The van der Waals surface area contributed by atoms with Gasteiger partial charge in [0.05, 0.1) is 0 Å². The summed E-state index contributed by atoms with van der Waals surface area (Å²) in [7, 11) is 3.36. The number of aryl methyl sites for hydroxylation is 3. The van der Waals surface area contributed by atoms with E-state index in [1.807, 2.05) is 26.0 Å². The zero-order chi connectivity index (χ0) is 22.7. The quantitative estimate of drug-likeness (QED) is 0.505. The fourth-order valence-corrected chi connectivity index (χ4v) is 3.44. The maximum Gasteiger partial charge on any atom is 0.273 e. The van der Waals surface area contributed by atoms with Crippen LogP contribution in [0.15, 0.2) is 60.0 Å². The molecule has 0 bridgehead atoms. The second-order valence-electron chi connectivity index (χ2n) is 7.30. The molecule has 6 nitrogen and oxygen atoms in total. The van der Waals surface area contributed by atoms with Gasteiger partial charge in [0.25, 0.3) is 5.56 Å². The summed E-state index contributed by atoms with van der Waals surface area (Å²) in [6, 6.07) is 10.1. The first-order valence-corrected chi connectivity index (χ1v) is 9.73. The van der Waals surface area contributed by atoms with Crippen LogP contribution in [0, 0.1) is 19.7 Å². The molecule has 0 aliphatic heterocycles. The van der Waals surface area contributed by atoms with Gasteiger partial charge in [0.1, 0.15) is 11.5 Å². The van der Waals surface area contributed by atoms with Crippen LogP contribution in [0.2, 0.25) is 0 Å². The van der Waals surface area contributed by atoms with Gasteiger partial charge < -0.3 is 20.5 Å². The highest BCUT2D eigenvalue weighted by atomic mass is 19.1. The van der Waals surface area contributed by atoms with Crippen molar-refractivity contribution < 1.29 is 9.18 Å². The van der Waals surface area contributed by atoms with Gasteiger partial charge in [0, 0.05) is 48.5 Å². The maximum absolute atomic E-state index is 13.7. The zero-order valence-corrected chi connectivity index (χ0v) is 18.0. The highest BCUT2D eigenvalue weighted by molar-refractivity contribution is 6.00. The molecule has 0 saturated heterocycles. The molecule has 2 aromatic carbocycles. The smallest absolute Gasteiger partial charge is 0.273 e. The van der Waals surface area contributed by atoms with E-state index in [9.17, 15) is 14.0 Å². The molecule has 3 aromatic rings. The van der Waals surface area contributed by atoms with Crippen LogP contribution in [-0.2, 0) is 11.8 Å². The van der Waals surface area contributed by atoms with E-state index in [1.54, 1.807) is 32.4 Å². The number of hydrogen-bond donors (Lipinski definition) is 3. The fourth-order valence-electron chi connectivity index (χ4n) is 3.44. The van der Waals surface area contributed by atoms with Gasteiger partial charge in [-0.2, -0.15) is 0 Å². The van der Waals surface area contributed by atoms with E-state index in [4.69, 9.17) is 0 Å². The number of halogens is 1. The van der Waals surface area contributed by atoms with Crippen LogP contribution in [0.1, 0.15) is 11.1 Å². The summed E-state index contributed by atoms with van der Waals surface area (Å²) < 4.78 is 15.2. The maximum atomic E-state index is 13.7. The van der Waals surface area contributed by atoms with Crippen molar-refractivity contribution in [3.8, 4) is 11.1 Å². The molecule has 0 fully saturated rings. The lowest BCUT2D eigenvalue weighted by molar-refractivity contribution is -0.111. The third-order valence-electron chi connectivity index (χ3n) is 4.99. The Morgan fingerprint density at radius 3 is 2.39 bits per heavy atom. The summed E-state index contributed by atoms with van der Waals surface area (Å²) in [6.45, 7) is 7.15. The molecule has 0 atom stereocenters. The Morgan fingerprint density at radius 2 is 1.77 bits per heavy atom. The lowest BCUT2D eigenvalue weighted by Gasteiger charge is -2.18. The normalized spacial score (nSPS) is 10.5. The van der Waals surface area contributed by atoms with Gasteiger partial charge in [0.2, 0.25) is 5.91 Å². The average molecular weight is 420 g/mol. The molecule has 1 amide bonds. The molecule has 1 heterocycles. The van der Waals surface area contributed by atoms with E-state index in [-0.39, 0.29) is 17.3 Å². The molecule has 7 heteroatoms. The molecule has 0 aliphatic carbocycles. The van der Waals surface area contributed by atoms with E-state index in [0.29, 0.717) is 11.4 Å². The molecule has 31 heavy (non-hydrogen) atoms. The summed E-state index contributed by atoms with van der Waals surface area (Å²) in [4.78, 5) is 24.1. The lowest BCUT2D eigenvalue weighted by atomic mass is 10.0. The first-order valence-electron chi connectivity index (χ1n) is 9.73. The molecule has 0 unspecified atom stereocenters. The van der Waals surface area contributed by atoms with E-state index >= 15 is 0 Å². The van der Waals surface area contributed by atoms with Crippen LogP contribution < -0.4 is 21.5 Å². The molecule has 0 radical (unpaired) electrons. The molecule has 0 spiro atoms. The van der Waals surface area contributed by atoms with E-state index in [1.165, 1.54) is 22.8 Å². The van der Waals surface area contributed by atoms with Crippen molar-refractivity contribution in [3.63, 3.8) is 0 Å². The van der Waals surface area contributed by atoms with E-state index in [2.05, 4.69) is 22.5 Å². The van der Waals surface area contributed by atoms with Gasteiger partial charge in [-0.15, -0.1) is 0 Å². The number of rotatable bonds is 6. The van der Waals surface area contributed by atoms with Crippen LogP contribution in [0.3, 0.4) is 0 Å². The van der Waals surface area contributed by atoms with E-state index < -0.39 is 0 Å². The number of pyridine rings is 1. The van der Waals surface area contributed by atoms with Gasteiger partial charge in [-0.05, 0) is 67.4 Å². The van der Waals surface area contributed by atoms with Crippen molar-refractivity contribution in [3.05, 3.63) is 82.5 Å². The molecule has 3 rings (SSSR count). The molecular formula is C24H25FN4O2. The van der Waals surface area contributed by atoms with Crippen molar-refractivity contribution in [1.82, 2.24) is 4.57 Å². The largest absolute Gasteiger partial charge is 0.384 e. The fraction of sp³-hybridized carbons (Fsp3) is 0.167. The Balaban J connectivity index is 2.18. The van der Waals surface area contributed by atoms with Crippen LogP contribution in [-0.4, -0.2) is 17.5 Å². The topological polar surface area (TPSA) is 75.2 Å². The lowest BCUT2D eigenvalue weighted by Crippen LogP contribution is -2.19. The Hall–Kier alpha value is -3.87. The van der Waals surface area contributed by atoms with Crippen molar-refractivity contribution in [2.75, 3.05) is 23.0 Å². The summed E-state index contributed by atoms with van der Waals surface area (Å²) >= 11 is 0. The number of hydrogen-bond acceptors (Lipinski definition) is 4. The highest BCUT2D eigenvalue weighted by Crippen LogP contribution is 2.35. The standard InChI is InChI=1S/C24H25FN4O2/c1-6-22(30)27-18-7-8-20(28-23-14(2)9-17(25)10-15(23)3)19(12-18)16-11-21(26-4)24(31)29(5)13-16/h6-13,26,28H,1H2,2-5H3,(H,27,30). The summed E-state index contributed by atoms with van der Waals surface area (Å²) in [5.74, 6) is -0.617. The molecule has 0 saturated carbocycles. The monoisotopic (exact) mass is 420 g/mol. The number of nitrogens with zero attached hydrogens (tertiary/aromatic N) is 1. The number of carbonyl (C=O) groups excluding carboxylic acids is 1. The minimum absolute atomic E-state index is 0.151. The summed E-state index contributed by atoms with van der Waals surface area (Å²) in [6.07, 6.45) is 2.93. The number of carbonyl (C=O) groups is 1. The average Bonchev–Trinajstić information content (AvgIpc) is 2.73. The Labute approximate surface area is 180 Å². The minimum Gasteiger partial charge on any atom is -0.384 e. The third kappa shape index (κ3) is 4.66. The molecule has 3 N–H and O–H groups in total. The number of benzene rings is 2. The summed E-state index contributed by atoms with van der Waals surface area (Å²) in [5, 5.41) is 9.07. The molecule has 160 valence electrons. The zero-order valence-electron chi connectivity index (χ0n) is 18.0. The van der Waals surface area contributed by atoms with Crippen LogP contribution in [0.4, 0.5) is 27.1 Å². The number of anilines is 4. The number of amides is 1. The van der Waals surface area contributed by atoms with Crippen molar-refractivity contribution in [1.29, 1.82) is 0 Å². The second-order valence-corrected chi connectivity index (χ2v) is 7.30. The number of aromatic nitrogens is 1. The summed E-state index contributed by atoms with van der Waals surface area (Å²) in [5.41, 5.74) is 5.48. The Kier molecular flexibility index (Phi) is 6.25. The van der Waals surface area contributed by atoms with Crippen LogP contribution in [0.5, 0.6) is 0 Å². The van der Waals surface area contributed by atoms with Crippen molar-refractivity contribution >= 4 is 28.7 Å².